The van der Waals surface area contributed by atoms with Gasteiger partial charge in [0.2, 0.25) is 0 Å². The van der Waals surface area contributed by atoms with E-state index in [2.05, 4.69) is 11.4 Å². The highest BCUT2D eigenvalue weighted by molar-refractivity contribution is 6.30. The predicted octanol–water partition coefficient (Wildman–Crippen LogP) is 3.29. The summed E-state index contributed by atoms with van der Waals surface area (Å²) in [7, 11) is 3.37. The van der Waals surface area contributed by atoms with Gasteiger partial charge < -0.3 is 15.0 Å². The number of nitriles is 1. The second-order valence-corrected chi connectivity index (χ2v) is 5.82. The van der Waals surface area contributed by atoms with E-state index in [-0.39, 0.29) is 12.5 Å². The molecule has 0 radical (unpaired) electrons. The van der Waals surface area contributed by atoms with Crippen LogP contribution in [0.3, 0.4) is 0 Å². The maximum Gasteiger partial charge on any atom is 0.259 e. The zero-order valence-electron chi connectivity index (χ0n) is 13.5. The Bertz CT molecular complexity index is 769. The van der Waals surface area contributed by atoms with Gasteiger partial charge in [-0.15, -0.1) is 0 Å². The fourth-order valence-corrected chi connectivity index (χ4v) is 2.15. The molecule has 6 heteroatoms. The number of benzene rings is 2. The predicted molar refractivity (Wildman–Crippen MR) is 94.1 cm³/mol. The van der Waals surface area contributed by atoms with Crippen molar-refractivity contribution >= 4 is 23.2 Å². The Hall–Kier alpha value is -2.71. The van der Waals surface area contributed by atoms with Crippen LogP contribution in [0.25, 0.3) is 0 Å². The van der Waals surface area contributed by atoms with Crippen LogP contribution < -0.4 is 10.1 Å². The van der Waals surface area contributed by atoms with Crippen molar-refractivity contribution in [1.82, 2.24) is 4.90 Å². The van der Waals surface area contributed by atoms with E-state index in [0.29, 0.717) is 22.9 Å². The summed E-state index contributed by atoms with van der Waals surface area (Å²) < 4.78 is 5.49. The van der Waals surface area contributed by atoms with E-state index in [4.69, 9.17) is 21.6 Å². The number of nitrogens with zero attached hydrogens (tertiary/aromatic N) is 2. The molecule has 0 saturated carbocycles. The van der Waals surface area contributed by atoms with E-state index in [0.717, 1.165) is 11.3 Å². The largest absolute Gasteiger partial charge is 0.484 e. The molecular weight excluding hydrogens is 326 g/mol. The highest BCUT2D eigenvalue weighted by Gasteiger charge is 2.06. The number of hydrogen-bond donors (Lipinski definition) is 1. The molecule has 24 heavy (non-hydrogen) atoms. The van der Waals surface area contributed by atoms with Crippen molar-refractivity contribution in [2.45, 2.75) is 6.54 Å². The molecule has 0 fully saturated rings. The molecule has 5 nitrogen and oxygen atoms in total. The highest BCUT2D eigenvalue weighted by atomic mass is 35.5. The molecule has 0 aliphatic rings. The molecule has 2 rings (SSSR count). The third-order valence-corrected chi connectivity index (χ3v) is 3.58. The summed E-state index contributed by atoms with van der Waals surface area (Å²) in [5.74, 6) is 0.527. The van der Waals surface area contributed by atoms with Gasteiger partial charge in [-0.05, 0) is 35.9 Å². The SMILES string of the molecule is CN(C)C(=O)COc1cccc(CNc2ccc(Cl)cc2C#N)c1. The van der Waals surface area contributed by atoms with Crippen molar-refractivity contribution in [2.75, 3.05) is 26.0 Å². The third-order valence-electron chi connectivity index (χ3n) is 3.34. The lowest BCUT2D eigenvalue weighted by atomic mass is 10.1. The first-order valence-corrected chi connectivity index (χ1v) is 7.73. The minimum Gasteiger partial charge on any atom is -0.484 e. The summed E-state index contributed by atoms with van der Waals surface area (Å²) in [5, 5.41) is 12.9. The first kappa shape index (κ1) is 17.6. The van der Waals surface area contributed by atoms with E-state index in [1.165, 1.54) is 4.90 Å². The van der Waals surface area contributed by atoms with Crippen molar-refractivity contribution in [3.8, 4) is 11.8 Å². The van der Waals surface area contributed by atoms with E-state index in [1.807, 2.05) is 18.2 Å². The van der Waals surface area contributed by atoms with E-state index in [1.54, 1.807) is 38.4 Å². The number of carbonyl (C=O) groups is 1. The average Bonchev–Trinajstić information content (AvgIpc) is 2.58. The zero-order chi connectivity index (χ0) is 17.5. The first-order chi connectivity index (χ1) is 11.5. The number of hydrogen-bond acceptors (Lipinski definition) is 4. The lowest BCUT2D eigenvalue weighted by Gasteiger charge is -2.12. The number of halogens is 1. The first-order valence-electron chi connectivity index (χ1n) is 7.35. The molecule has 0 atom stereocenters. The third kappa shape index (κ3) is 4.90. The summed E-state index contributed by atoms with van der Waals surface area (Å²) in [6.45, 7) is 0.523. The van der Waals surface area contributed by atoms with E-state index >= 15 is 0 Å². The van der Waals surface area contributed by atoms with Crippen LogP contribution in [-0.2, 0) is 11.3 Å². The van der Waals surface area contributed by atoms with Crippen LogP contribution in [0.1, 0.15) is 11.1 Å². The minimum absolute atomic E-state index is 0.000350. The Morgan fingerprint density at radius 3 is 2.79 bits per heavy atom. The molecule has 124 valence electrons. The smallest absolute Gasteiger partial charge is 0.259 e. The van der Waals surface area contributed by atoms with Gasteiger partial charge in [0.25, 0.3) is 5.91 Å². The van der Waals surface area contributed by atoms with Crippen LogP contribution >= 0.6 is 11.6 Å². The summed E-state index contributed by atoms with van der Waals surface area (Å²) in [6.07, 6.45) is 0. The number of anilines is 1. The lowest BCUT2D eigenvalue weighted by Crippen LogP contribution is -2.27. The maximum atomic E-state index is 11.6. The Labute approximate surface area is 146 Å². The van der Waals surface area contributed by atoms with Crippen molar-refractivity contribution in [3.63, 3.8) is 0 Å². The normalized spacial score (nSPS) is 9.92. The van der Waals surface area contributed by atoms with Gasteiger partial charge in [-0.25, -0.2) is 0 Å². The van der Waals surface area contributed by atoms with Crippen molar-refractivity contribution < 1.29 is 9.53 Å². The number of likely N-dealkylation sites (N-methyl/N-ethyl adjacent to an activating group) is 1. The fourth-order valence-electron chi connectivity index (χ4n) is 1.98. The molecular formula is C18H18ClN3O2. The summed E-state index contributed by atoms with van der Waals surface area (Å²) in [5.41, 5.74) is 2.19. The molecule has 0 aliphatic heterocycles. The van der Waals surface area contributed by atoms with Crippen molar-refractivity contribution in [3.05, 3.63) is 58.6 Å². The number of ether oxygens (including phenoxy) is 1. The molecule has 0 saturated heterocycles. The molecule has 0 aliphatic carbocycles. The molecule has 0 unspecified atom stereocenters. The Morgan fingerprint density at radius 1 is 1.29 bits per heavy atom. The molecule has 1 amide bonds. The fraction of sp³-hybridized carbons (Fsp3) is 0.222. The van der Waals surface area contributed by atoms with Gasteiger partial charge in [0, 0.05) is 25.7 Å². The Morgan fingerprint density at radius 2 is 2.08 bits per heavy atom. The number of amides is 1. The van der Waals surface area contributed by atoms with Crippen LogP contribution in [0.5, 0.6) is 5.75 Å². The second kappa shape index (κ2) is 8.23. The minimum atomic E-state index is -0.0987. The second-order valence-electron chi connectivity index (χ2n) is 5.38. The maximum absolute atomic E-state index is 11.6. The zero-order valence-corrected chi connectivity index (χ0v) is 14.3. The molecule has 0 heterocycles. The topological polar surface area (TPSA) is 65.4 Å². The molecule has 0 aromatic heterocycles. The number of rotatable bonds is 6. The van der Waals surface area contributed by atoms with E-state index in [9.17, 15) is 4.79 Å². The highest BCUT2D eigenvalue weighted by Crippen LogP contribution is 2.21. The number of nitrogens with one attached hydrogen (secondary N) is 1. The van der Waals surface area contributed by atoms with Crippen LogP contribution in [0.2, 0.25) is 5.02 Å². The number of carbonyl (C=O) groups excluding carboxylic acids is 1. The van der Waals surface area contributed by atoms with E-state index < -0.39 is 0 Å². The summed E-state index contributed by atoms with van der Waals surface area (Å²) in [6, 6.07) is 14.7. The van der Waals surface area contributed by atoms with Gasteiger partial charge in [-0.3, -0.25) is 4.79 Å². The summed E-state index contributed by atoms with van der Waals surface area (Å²) in [4.78, 5) is 13.0. The molecule has 2 aromatic carbocycles. The van der Waals surface area contributed by atoms with Crippen molar-refractivity contribution in [2.24, 2.45) is 0 Å². The molecule has 0 spiro atoms. The Kier molecular flexibility index (Phi) is 6.05. The van der Waals surface area contributed by atoms with Crippen LogP contribution in [0.4, 0.5) is 5.69 Å². The van der Waals surface area contributed by atoms with Gasteiger partial charge in [-0.2, -0.15) is 5.26 Å². The molecule has 1 N–H and O–H groups in total. The standard InChI is InChI=1S/C18H18ClN3O2/c1-22(2)18(23)12-24-16-5-3-4-13(8-16)11-21-17-7-6-15(19)9-14(17)10-20/h3-9,21H,11-12H2,1-2H3. The van der Waals surface area contributed by atoms with Gasteiger partial charge in [0.1, 0.15) is 11.8 Å². The van der Waals surface area contributed by atoms with Gasteiger partial charge >= 0.3 is 0 Å². The Balaban J connectivity index is 2.00. The van der Waals surface area contributed by atoms with Gasteiger partial charge in [0.05, 0.1) is 11.3 Å². The average molecular weight is 344 g/mol. The molecule has 2 aromatic rings. The molecule has 0 bridgehead atoms. The van der Waals surface area contributed by atoms with Crippen molar-refractivity contribution in [1.29, 1.82) is 5.26 Å². The monoisotopic (exact) mass is 343 g/mol. The van der Waals surface area contributed by atoms with Gasteiger partial charge in [0.15, 0.2) is 6.61 Å². The van der Waals surface area contributed by atoms with Crippen LogP contribution in [0, 0.1) is 11.3 Å². The van der Waals surface area contributed by atoms with Crippen LogP contribution in [-0.4, -0.2) is 31.5 Å². The quantitative estimate of drug-likeness (QED) is 0.874. The lowest BCUT2D eigenvalue weighted by molar-refractivity contribution is -0.130. The summed E-state index contributed by atoms with van der Waals surface area (Å²) >= 11 is 5.89. The van der Waals surface area contributed by atoms with Gasteiger partial charge in [-0.1, -0.05) is 23.7 Å². The van der Waals surface area contributed by atoms with Crippen LogP contribution in [0.15, 0.2) is 42.5 Å².